The zero-order chi connectivity index (χ0) is 13.4. The van der Waals surface area contributed by atoms with Crippen molar-refractivity contribution in [2.45, 2.75) is 39.2 Å². The summed E-state index contributed by atoms with van der Waals surface area (Å²) in [5.41, 5.74) is 0.577. The van der Waals surface area contributed by atoms with E-state index in [-0.39, 0.29) is 11.3 Å². The number of benzene rings is 1. The van der Waals surface area contributed by atoms with Crippen LogP contribution in [0, 0.1) is 11.3 Å². The molecule has 0 saturated carbocycles. The highest BCUT2D eigenvalue weighted by Gasteiger charge is 2.38. The monoisotopic (exact) mass is 264 g/mol. The van der Waals surface area contributed by atoms with Crippen molar-refractivity contribution in [3.05, 3.63) is 47.0 Å². The molecule has 0 radical (unpaired) electrons. The van der Waals surface area contributed by atoms with Gasteiger partial charge in [-0.15, -0.1) is 0 Å². The second-order valence-electron chi connectivity index (χ2n) is 6.22. The first kappa shape index (κ1) is 13.6. The first-order valence-corrected chi connectivity index (χ1v) is 6.86. The lowest BCUT2D eigenvalue weighted by atomic mass is 9.68. The van der Waals surface area contributed by atoms with E-state index in [2.05, 4.69) is 26.8 Å². The maximum Gasteiger partial charge on any atom is 0.0893 e. The van der Waals surface area contributed by atoms with E-state index in [1.54, 1.807) is 0 Å². The van der Waals surface area contributed by atoms with Crippen molar-refractivity contribution >= 4 is 11.6 Å². The van der Waals surface area contributed by atoms with Crippen molar-refractivity contribution in [1.29, 1.82) is 0 Å². The predicted molar refractivity (Wildman–Crippen MR) is 76.8 cm³/mol. The molecule has 2 rings (SSSR count). The Morgan fingerprint density at radius 2 is 1.83 bits per heavy atom. The lowest BCUT2D eigenvalue weighted by Gasteiger charge is -2.40. The molecule has 18 heavy (non-hydrogen) atoms. The molecule has 1 nitrogen and oxygen atoms in total. The summed E-state index contributed by atoms with van der Waals surface area (Å²) >= 11 is 5.88. The quantitative estimate of drug-likeness (QED) is 0.793. The zero-order valence-electron chi connectivity index (χ0n) is 11.3. The fourth-order valence-electron chi connectivity index (χ4n) is 2.73. The van der Waals surface area contributed by atoms with Crippen LogP contribution >= 0.6 is 11.6 Å². The van der Waals surface area contributed by atoms with Gasteiger partial charge in [0.25, 0.3) is 0 Å². The number of aliphatic hydroxyl groups is 1. The van der Waals surface area contributed by atoms with Crippen molar-refractivity contribution < 1.29 is 5.11 Å². The van der Waals surface area contributed by atoms with Crippen LogP contribution < -0.4 is 0 Å². The fraction of sp³-hybridized carbons (Fsp3) is 0.500. The van der Waals surface area contributed by atoms with Crippen molar-refractivity contribution in [2.24, 2.45) is 11.3 Å². The highest BCUT2D eigenvalue weighted by Crippen LogP contribution is 2.40. The molecule has 1 aliphatic carbocycles. The van der Waals surface area contributed by atoms with Crippen molar-refractivity contribution in [2.75, 3.05) is 0 Å². The van der Waals surface area contributed by atoms with Gasteiger partial charge >= 0.3 is 0 Å². The van der Waals surface area contributed by atoms with Gasteiger partial charge in [-0.25, -0.2) is 0 Å². The van der Waals surface area contributed by atoms with Crippen LogP contribution in [0.25, 0.3) is 0 Å². The first-order valence-electron chi connectivity index (χ1n) is 6.48. The normalized spacial score (nSPS) is 30.4. The van der Waals surface area contributed by atoms with E-state index >= 15 is 0 Å². The molecule has 1 aliphatic rings. The molecule has 0 aliphatic heterocycles. The molecular formula is C16H21ClO. The van der Waals surface area contributed by atoms with Crippen molar-refractivity contribution in [3.63, 3.8) is 0 Å². The Hall–Kier alpha value is -0.790. The maximum absolute atomic E-state index is 10.8. The van der Waals surface area contributed by atoms with Crippen LogP contribution in [0.3, 0.4) is 0 Å². The molecule has 2 unspecified atom stereocenters. The van der Waals surface area contributed by atoms with Crippen molar-refractivity contribution in [3.8, 4) is 0 Å². The summed E-state index contributed by atoms with van der Waals surface area (Å²) in [5.74, 6) is 0.258. The second-order valence-corrected chi connectivity index (χ2v) is 6.66. The van der Waals surface area contributed by atoms with Gasteiger partial charge in [0.05, 0.1) is 5.60 Å². The van der Waals surface area contributed by atoms with Gasteiger partial charge in [0.1, 0.15) is 0 Å². The van der Waals surface area contributed by atoms with Gasteiger partial charge in [0.15, 0.2) is 0 Å². The number of allylic oxidation sites excluding steroid dienone is 1. The number of hydrogen-bond acceptors (Lipinski definition) is 1. The fourth-order valence-corrected chi connectivity index (χ4v) is 2.86. The predicted octanol–water partition coefficient (Wildman–Crippen LogP) is 4.24. The smallest absolute Gasteiger partial charge is 0.0893 e. The van der Waals surface area contributed by atoms with E-state index in [4.69, 9.17) is 11.6 Å². The van der Waals surface area contributed by atoms with Gasteiger partial charge in [0, 0.05) is 11.4 Å². The molecule has 1 N–H and O–H groups in total. The minimum atomic E-state index is -0.733. The molecule has 98 valence electrons. The van der Waals surface area contributed by atoms with Gasteiger partial charge in [-0.1, -0.05) is 56.7 Å². The van der Waals surface area contributed by atoms with E-state index in [0.29, 0.717) is 6.42 Å². The first-order chi connectivity index (χ1) is 8.31. The Bertz CT molecular complexity index is 447. The standard InChI is InChI=1S/C16H21ClO/c1-12-10-15(2,3)8-9-16(12,18)11-13-4-6-14(17)7-5-13/h4-9,12,18H,10-11H2,1-3H3. The summed E-state index contributed by atoms with van der Waals surface area (Å²) in [5, 5.41) is 11.5. The Kier molecular flexibility index (Phi) is 3.57. The average molecular weight is 265 g/mol. The third-order valence-electron chi connectivity index (χ3n) is 3.91. The van der Waals surface area contributed by atoms with Crippen molar-refractivity contribution in [1.82, 2.24) is 0 Å². The second kappa shape index (κ2) is 4.71. The summed E-state index contributed by atoms with van der Waals surface area (Å²) in [6.45, 7) is 6.55. The third kappa shape index (κ3) is 2.96. The molecule has 1 aromatic carbocycles. The summed E-state index contributed by atoms with van der Waals surface area (Å²) < 4.78 is 0. The highest BCUT2D eigenvalue weighted by molar-refractivity contribution is 6.30. The SMILES string of the molecule is CC1CC(C)(C)C=CC1(O)Cc1ccc(Cl)cc1. The lowest BCUT2D eigenvalue weighted by Crippen LogP contribution is -2.42. The van der Waals surface area contributed by atoms with Crippen LogP contribution in [0.15, 0.2) is 36.4 Å². The third-order valence-corrected chi connectivity index (χ3v) is 4.16. The van der Waals surface area contributed by atoms with Crippen LogP contribution in [0.2, 0.25) is 5.02 Å². The molecule has 0 saturated heterocycles. The number of halogens is 1. The molecule has 0 spiro atoms. The molecule has 0 bridgehead atoms. The van der Waals surface area contributed by atoms with Gasteiger partial charge in [-0.05, 0) is 35.4 Å². The summed E-state index contributed by atoms with van der Waals surface area (Å²) in [6.07, 6.45) is 5.78. The lowest BCUT2D eigenvalue weighted by molar-refractivity contribution is 0.0106. The average Bonchev–Trinajstić information content (AvgIpc) is 2.28. The van der Waals surface area contributed by atoms with Crippen LogP contribution in [0.4, 0.5) is 0 Å². The van der Waals surface area contributed by atoms with Crippen LogP contribution in [-0.4, -0.2) is 10.7 Å². The minimum Gasteiger partial charge on any atom is -0.385 e. The molecule has 0 aromatic heterocycles. The largest absolute Gasteiger partial charge is 0.385 e. The topological polar surface area (TPSA) is 20.2 Å². The molecule has 0 amide bonds. The Labute approximate surface area is 114 Å². The maximum atomic E-state index is 10.8. The van der Waals surface area contributed by atoms with Crippen LogP contribution in [0.5, 0.6) is 0 Å². The van der Waals surface area contributed by atoms with E-state index in [0.717, 1.165) is 17.0 Å². The van der Waals surface area contributed by atoms with E-state index in [1.165, 1.54) is 0 Å². The molecular weight excluding hydrogens is 244 g/mol. The van der Waals surface area contributed by atoms with E-state index in [1.807, 2.05) is 30.3 Å². The van der Waals surface area contributed by atoms with Gasteiger partial charge in [-0.3, -0.25) is 0 Å². The molecule has 2 atom stereocenters. The van der Waals surface area contributed by atoms with Gasteiger partial charge < -0.3 is 5.11 Å². The zero-order valence-corrected chi connectivity index (χ0v) is 12.0. The summed E-state index contributed by atoms with van der Waals surface area (Å²) in [4.78, 5) is 0. The van der Waals surface area contributed by atoms with E-state index in [9.17, 15) is 5.11 Å². The molecule has 1 aromatic rings. The Balaban J connectivity index is 2.20. The van der Waals surface area contributed by atoms with Crippen LogP contribution in [-0.2, 0) is 6.42 Å². The van der Waals surface area contributed by atoms with E-state index < -0.39 is 5.60 Å². The van der Waals surface area contributed by atoms with Crippen LogP contribution in [0.1, 0.15) is 32.8 Å². The number of rotatable bonds is 2. The molecule has 2 heteroatoms. The van der Waals surface area contributed by atoms with Gasteiger partial charge in [-0.2, -0.15) is 0 Å². The molecule has 0 heterocycles. The summed E-state index contributed by atoms with van der Waals surface area (Å²) in [7, 11) is 0. The highest BCUT2D eigenvalue weighted by atomic mass is 35.5. The Morgan fingerprint density at radius 1 is 1.22 bits per heavy atom. The minimum absolute atomic E-state index is 0.186. The summed E-state index contributed by atoms with van der Waals surface area (Å²) in [6, 6.07) is 7.73. The van der Waals surface area contributed by atoms with Gasteiger partial charge in [0.2, 0.25) is 0 Å². The Morgan fingerprint density at radius 3 is 2.39 bits per heavy atom. The number of hydrogen-bond donors (Lipinski definition) is 1. The molecule has 0 fully saturated rings.